The first-order chi connectivity index (χ1) is 30.7. The molecule has 0 saturated heterocycles. The lowest BCUT2D eigenvalue weighted by Crippen LogP contribution is -2.13. The normalized spacial score (nSPS) is 11.9. The lowest BCUT2D eigenvalue weighted by atomic mass is 9.98. The standard InChI is InChI=1S/C58H36N2O2/c1-2-18-41(19-3-1)60(52-35-40-17-7-8-20-44(40)46-22-10-11-23-47(46)52)51-31-30-50(57-56-45-21-9-6-15-38(45)27-32-55(56)62-58(51)57)59(42-28-26-37-14-4-5-16-39(37)34-42)43-29-33-54-49(36-43)48-24-12-13-25-53(48)61-54/h1-36H. The van der Waals surface area contributed by atoms with E-state index in [1.165, 1.54) is 26.9 Å². The molecular formula is C58H36N2O2. The summed E-state index contributed by atoms with van der Waals surface area (Å²) in [4.78, 5) is 4.78. The van der Waals surface area contributed by atoms with Gasteiger partial charge in [-0.3, -0.25) is 0 Å². The molecule has 0 N–H and O–H groups in total. The van der Waals surface area contributed by atoms with Gasteiger partial charge in [0.05, 0.1) is 22.4 Å². The summed E-state index contributed by atoms with van der Waals surface area (Å²) >= 11 is 0. The van der Waals surface area contributed by atoms with Crippen LogP contribution in [0.25, 0.3) is 87.0 Å². The molecule has 0 saturated carbocycles. The SMILES string of the molecule is c1ccc(N(c2cc3ccccc3c3ccccc23)c2ccc(N(c3ccc4ccccc4c3)c3ccc4oc5ccccc5c4c3)c3c2oc2ccc4ccccc4c23)cc1. The van der Waals surface area contributed by atoms with Crippen LogP contribution >= 0.6 is 0 Å². The molecule has 0 aliphatic heterocycles. The van der Waals surface area contributed by atoms with Gasteiger partial charge in [0.15, 0.2) is 5.58 Å². The van der Waals surface area contributed by atoms with E-state index in [4.69, 9.17) is 8.83 Å². The quantitative estimate of drug-likeness (QED) is 0.157. The highest BCUT2D eigenvalue weighted by molar-refractivity contribution is 6.26. The van der Waals surface area contributed by atoms with E-state index >= 15 is 0 Å². The fourth-order valence-corrected chi connectivity index (χ4v) is 9.77. The van der Waals surface area contributed by atoms with Crippen LogP contribution in [0.1, 0.15) is 0 Å². The molecule has 0 aliphatic rings. The fourth-order valence-electron chi connectivity index (χ4n) is 9.77. The molecule has 0 atom stereocenters. The van der Waals surface area contributed by atoms with Crippen LogP contribution in [-0.2, 0) is 0 Å². The molecule has 2 heterocycles. The van der Waals surface area contributed by atoms with E-state index in [1.807, 2.05) is 12.1 Å². The largest absolute Gasteiger partial charge is 0.456 e. The summed E-state index contributed by atoms with van der Waals surface area (Å²) in [7, 11) is 0. The zero-order chi connectivity index (χ0) is 40.7. The maximum absolute atomic E-state index is 7.28. The summed E-state index contributed by atoms with van der Waals surface area (Å²) in [5.41, 5.74) is 9.50. The molecule has 62 heavy (non-hydrogen) atoms. The first-order valence-electron chi connectivity index (χ1n) is 21.1. The van der Waals surface area contributed by atoms with Gasteiger partial charge in [0.1, 0.15) is 16.7 Å². The topological polar surface area (TPSA) is 32.8 Å². The van der Waals surface area contributed by atoms with Gasteiger partial charge in [-0.15, -0.1) is 0 Å². The van der Waals surface area contributed by atoms with Crippen LogP contribution in [0, 0.1) is 0 Å². The Morgan fingerprint density at radius 3 is 1.71 bits per heavy atom. The first kappa shape index (κ1) is 34.5. The molecule has 4 heteroatoms. The highest BCUT2D eigenvalue weighted by atomic mass is 16.3. The van der Waals surface area contributed by atoms with Gasteiger partial charge in [-0.25, -0.2) is 0 Å². The highest BCUT2D eigenvalue weighted by Gasteiger charge is 2.27. The molecule has 11 aromatic carbocycles. The van der Waals surface area contributed by atoms with Crippen molar-refractivity contribution in [1.29, 1.82) is 0 Å². The fraction of sp³-hybridized carbons (Fsp3) is 0. The maximum Gasteiger partial charge on any atom is 0.161 e. The lowest BCUT2D eigenvalue weighted by Gasteiger charge is -2.30. The summed E-state index contributed by atoms with van der Waals surface area (Å²) in [6, 6.07) is 78.1. The van der Waals surface area contributed by atoms with E-state index in [1.54, 1.807) is 0 Å². The number of hydrogen-bond acceptors (Lipinski definition) is 4. The van der Waals surface area contributed by atoms with Crippen molar-refractivity contribution in [2.45, 2.75) is 0 Å². The molecule has 0 bridgehead atoms. The van der Waals surface area contributed by atoms with Crippen molar-refractivity contribution in [2.75, 3.05) is 9.80 Å². The first-order valence-corrected chi connectivity index (χ1v) is 21.1. The van der Waals surface area contributed by atoms with E-state index in [9.17, 15) is 0 Å². The van der Waals surface area contributed by atoms with E-state index < -0.39 is 0 Å². The molecule has 0 fully saturated rings. The van der Waals surface area contributed by atoms with Crippen molar-refractivity contribution in [2.24, 2.45) is 0 Å². The number of fused-ring (bicyclic) bond motifs is 12. The molecular weight excluding hydrogens is 757 g/mol. The number of anilines is 6. The minimum absolute atomic E-state index is 0.801. The number of nitrogens with zero attached hydrogens (tertiary/aromatic N) is 2. The summed E-state index contributed by atoms with van der Waals surface area (Å²) in [5.74, 6) is 0. The van der Waals surface area contributed by atoms with Crippen LogP contribution in [0.4, 0.5) is 34.1 Å². The third-order valence-corrected chi connectivity index (χ3v) is 12.6. The summed E-state index contributed by atoms with van der Waals surface area (Å²) in [6.45, 7) is 0. The number of benzene rings is 11. The van der Waals surface area contributed by atoms with Crippen LogP contribution < -0.4 is 9.80 Å². The molecule has 13 rings (SSSR count). The van der Waals surface area contributed by atoms with Crippen molar-refractivity contribution >= 4 is 121 Å². The molecule has 0 radical (unpaired) electrons. The molecule has 13 aromatic rings. The zero-order valence-electron chi connectivity index (χ0n) is 33.5. The monoisotopic (exact) mass is 792 g/mol. The van der Waals surface area contributed by atoms with E-state index in [0.717, 1.165) is 94.2 Å². The molecule has 290 valence electrons. The van der Waals surface area contributed by atoms with Crippen molar-refractivity contribution in [3.05, 3.63) is 218 Å². The zero-order valence-corrected chi connectivity index (χ0v) is 33.5. The smallest absolute Gasteiger partial charge is 0.161 e. The molecule has 0 spiro atoms. The Morgan fingerprint density at radius 2 is 0.855 bits per heavy atom. The van der Waals surface area contributed by atoms with Crippen LogP contribution in [-0.4, -0.2) is 0 Å². The second-order valence-electron chi connectivity index (χ2n) is 16.0. The van der Waals surface area contributed by atoms with Gasteiger partial charge < -0.3 is 18.6 Å². The van der Waals surface area contributed by atoms with Crippen LogP contribution in [0.2, 0.25) is 0 Å². The van der Waals surface area contributed by atoms with Crippen LogP contribution in [0.15, 0.2) is 227 Å². The Bertz CT molecular complexity index is 3900. The minimum Gasteiger partial charge on any atom is -0.456 e. The van der Waals surface area contributed by atoms with E-state index in [-0.39, 0.29) is 0 Å². The second kappa shape index (κ2) is 13.6. The predicted octanol–water partition coefficient (Wildman–Crippen LogP) is 17.0. The van der Waals surface area contributed by atoms with Gasteiger partial charge in [0.2, 0.25) is 0 Å². The average Bonchev–Trinajstić information content (AvgIpc) is 3.92. The van der Waals surface area contributed by atoms with Gasteiger partial charge >= 0.3 is 0 Å². The Kier molecular flexibility index (Phi) is 7.57. The summed E-state index contributed by atoms with van der Waals surface area (Å²) < 4.78 is 13.6. The van der Waals surface area contributed by atoms with Gasteiger partial charge in [-0.05, 0) is 110 Å². The van der Waals surface area contributed by atoms with Gasteiger partial charge in [-0.1, -0.05) is 146 Å². The van der Waals surface area contributed by atoms with Crippen molar-refractivity contribution < 1.29 is 8.83 Å². The third-order valence-electron chi connectivity index (χ3n) is 12.6. The molecule has 0 unspecified atom stereocenters. The van der Waals surface area contributed by atoms with Gasteiger partial charge in [0, 0.05) is 38.6 Å². The molecule has 2 aromatic heterocycles. The molecule has 4 nitrogen and oxygen atoms in total. The number of furan rings is 2. The van der Waals surface area contributed by atoms with Gasteiger partial charge in [0.25, 0.3) is 0 Å². The van der Waals surface area contributed by atoms with E-state index in [0.29, 0.717) is 0 Å². The highest BCUT2D eigenvalue weighted by Crippen LogP contribution is 2.52. The van der Waals surface area contributed by atoms with Crippen molar-refractivity contribution in [1.82, 2.24) is 0 Å². The second-order valence-corrected chi connectivity index (χ2v) is 16.0. The van der Waals surface area contributed by atoms with Crippen molar-refractivity contribution in [3.8, 4) is 0 Å². The predicted molar refractivity (Wildman–Crippen MR) is 260 cm³/mol. The maximum atomic E-state index is 7.28. The number of hydrogen-bond donors (Lipinski definition) is 0. The Morgan fingerprint density at radius 1 is 0.258 bits per heavy atom. The number of rotatable bonds is 6. The summed E-state index contributed by atoms with van der Waals surface area (Å²) in [6.07, 6.45) is 0. The van der Waals surface area contributed by atoms with Crippen LogP contribution in [0.5, 0.6) is 0 Å². The minimum atomic E-state index is 0.801. The van der Waals surface area contributed by atoms with Gasteiger partial charge in [-0.2, -0.15) is 0 Å². The van der Waals surface area contributed by atoms with Crippen molar-refractivity contribution in [3.63, 3.8) is 0 Å². The summed E-state index contributed by atoms with van der Waals surface area (Å²) in [5, 5.41) is 13.7. The van der Waals surface area contributed by atoms with Crippen LogP contribution in [0.3, 0.4) is 0 Å². The molecule has 0 aliphatic carbocycles. The van der Waals surface area contributed by atoms with E-state index in [2.05, 4.69) is 216 Å². The molecule has 0 amide bonds. The Balaban J connectivity index is 1.16. The third kappa shape index (κ3) is 5.27. The lowest BCUT2D eigenvalue weighted by molar-refractivity contribution is 0.668. The average molecular weight is 793 g/mol. The Hall–Kier alpha value is -8.34. The Labute approximate surface area is 356 Å². The number of para-hydroxylation sites is 2.